The van der Waals surface area contributed by atoms with Gasteiger partial charge in [-0.3, -0.25) is 0 Å². The smallest absolute Gasteiger partial charge is 0.106 e. The fraction of sp³-hybridized carbons (Fsp3) is 0.357. The number of hydrogen-bond acceptors (Lipinski definition) is 2. The molecule has 1 heterocycles. The fourth-order valence-corrected chi connectivity index (χ4v) is 2.01. The molecule has 0 bridgehead atoms. The molecule has 2 aromatic rings. The fourth-order valence-electron chi connectivity index (χ4n) is 2.01. The van der Waals surface area contributed by atoms with E-state index in [9.17, 15) is 0 Å². The lowest BCUT2D eigenvalue weighted by atomic mass is 10.1. The number of aromatic nitrogens is 2. The molecule has 0 saturated carbocycles. The van der Waals surface area contributed by atoms with Crippen LogP contribution < -0.4 is 5.73 Å². The molecule has 1 aromatic carbocycles. The highest BCUT2D eigenvalue weighted by Gasteiger charge is 2.04. The van der Waals surface area contributed by atoms with Gasteiger partial charge in [-0.25, -0.2) is 4.98 Å². The molecule has 0 saturated heterocycles. The van der Waals surface area contributed by atoms with Crippen molar-refractivity contribution in [1.82, 2.24) is 9.55 Å². The maximum Gasteiger partial charge on any atom is 0.106 e. The van der Waals surface area contributed by atoms with E-state index in [0.717, 1.165) is 24.5 Å². The number of nitrogens with two attached hydrogens (primary N) is 1. The number of rotatable bonds is 4. The monoisotopic (exact) mass is 229 g/mol. The number of aryl methyl sites for hydroxylation is 2. The van der Waals surface area contributed by atoms with Crippen molar-refractivity contribution < 1.29 is 0 Å². The van der Waals surface area contributed by atoms with E-state index in [4.69, 9.17) is 5.73 Å². The highest BCUT2D eigenvalue weighted by Crippen LogP contribution is 2.09. The summed E-state index contributed by atoms with van der Waals surface area (Å²) in [5.41, 5.74) is 9.23. The molecule has 2 N–H and O–H groups in total. The first-order valence-corrected chi connectivity index (χ1v) is 5.97. The molecule has 1 aromatic heterocycles. The predicted molar refractivity (Wildman–Crippen MR) is 70.0 cm³/mol. The molecule has 0 fully saturated rings. The molecule has 0 aliphatic heterocycles. The largest absolute Gasteiger partial charge is 0.330 e. The van der Waals surface area contributed by atoms with Crippen molar-refractivity contribution in [1.29, 1.82) is 0 Å². The highest BCUT2D eigenvalue weighted by molar-refractivity contribution is 5.23. The van der Waals surface area contributed by atoms with Gasteiger partial charge in [0, 0.05) is 19.2 Å². The molecule has 0 unspecified atom stereocenters. The summed E-state index contributed by atoms with van der Waals surface area (Å²) >= 11 is 0. The second-order valence-electron chi connectivity index (χ2n) is 4.44. The predicted octanol–water partition coefficient (Wildman–Crippen LogP) is 2.05. The van der Waals surface area contributed by atoms with Crippen molar-refractivity contribution in [3.63, 3.8) is 0 Å². The maximum atomic E-state index is 5.54. The second-order valence-corrected chi connectivity index (χ2v) is 4.44. The molecule has 0 spiro atoms. The van der Waals surface area contributed by atoms with Crippen LogP contribution in [-0.2, 0) is 13.0 Å². The SMILES string of the molecule is Cc1cccc(Cn2cc(CCN)nc2C)c1. The molecule has 90 valence electrons. The van der Waals surface area contributed by atoms with E-state index < -0.39 is 0 Å². The van der Waals surface area contributed by atoms with E-state index in [1.54, 1.807) is 0 Å². The van der Waals surface area contributed by atoms with E-state index in [-0.39, 0.29) is 0 Å². The quantitative estimate of drug-likeness (QED) is 0.872. The third-order valence-electron chi connectivity index (χ3n) is 2.86. The third-order valence-corrected chi connectivity index (χ3v) is 2.86. The Balaban J connectivity index is 2.18. The van der Waals surface area contributed by atoms with Gasteiger partial charge in [0.25, 0.3) is 0 Å². The Hall–Kier alpha value is -1.61. The van der Waals surface area contributed by atoms with Gasteiger partial charge in [0.15, 0.2) is 0 Å². The first-order chi connectivity index (χ1) is 8.19. The Morgan fingerprint density at radius 1 is 1.29 bits per heavy atom. The van der Waals surface area contributed by atoms with Crippen molar-refractivity contribution in [2.75, 3.05) is 6.54 Å². The summed E-state index contributed by atoms with van der Waals surface area (Å²) in [5, 5.41) is 0. The number of hydrogen-bond donors (Lipinski definition) is 1. The van der Waals surface area contributed by atoms with Crippen LogP contribution in [0.4, 0.5) is 0 Å². The topological polar surface area (TPSA) is 43.8 Å². The van der Waals surface area contributed by atoms with Crippen LogP contribution in [0.1, 0.15) is 22.6 Å². The van der Waals surface area contributed by atoms with Gasteiger partial charge in [0.05, 0.1) is 5.69 Å². The van der Waals surface area contributed by atoms with Crippen LogP contribution >= 0.6 is 0 Å². The lowest BCUT2D eigenvalue weighted by Crippen LogP contribution is -2.02. The summed E-state index contributed by atoms with van der Waals surface area (Å²) < 4.78 is 2.18. The minimum absolute atomic E-state index is 0.654. The van der Waals surface area contributed by atoms with Gasteiger partial charge in [-0.2, -0.15) is 0 Å². The van der Waals surface area contributed by atoms with E-state index in [1.165, 1.54) is 11.1 Å². The van der Waals surface area contributed by atoms with Crippen molar-refractivity contribution in [2.45, 2.75) is 26.8 Å². The standard InChI is InChI=1S/C14H19N3/c1-11-4-3-5-13(8-11)9-17-10-14(6-7-15)16-12(17)2/h3-5,8,10H,6-7,9,15H2,1-2H3. The van der Waals surface area contributed by atoms with Crippen LogP contribution in [0.15, 0.2) is 30.5 Å². The zero-order valence-corrected chi connectivity index (χ0v) is 10.5. The molecule has 3 heteroatoms. The van der Waals surface area contributed by atoms with Gasteiger partial charge in [-0.05, 0) is 26.0 Å². The second kappa shape index (κ2) is 5.15. The molecule has 3 nitrogen and oxygen atoms in total. The molecule has 2 rings (SSSR count). The summed E-state index contributed by atoms with van der Waals surface area (Å²) in [4.78, 5) is 4.50. The normalized spacial score (nSPS) is 10.8. The van der Waals surface area contributed by atoms with Crippen molar-refractivity contribution in [2.24, 2.45) is 5.73 Å². The highest BCUT2D eigenvalue weighted by atomic mass is 15.1. The third kappa shape index (κ3) is 2.94. The first-order valence-electron chi connectivity index (χ1n) is 5.97. The molecule has 17 heavy (non-hydrogen) atoms. The van der Waals surface area contributed by atoms with Gasteiger partial charge in [0.2, 0.25) is 0 Å². The zero-order chi connectivity index (χ0) is 12.3. The van der Waals surface area contributed by atoms with Crippen molar-refractivity contribution >= 4 is 0 Å². The first kappa shape index (κ1) is 11.9. The van der Waals surface area contributed by atoms with E-state index in [2.05, 4.69) is 46.9 Å². The zero-order valence-electron chi connectivity index (χ0n) is 10.5. The number of nitrogens with zero attached hydrogens (tertiary/aromatic N) is 2. The Morgan fingerprint density at radius 3 is 2.82 bits per heavy atom. The Kier molecular flexibility index (Phi) is 3.59. The van der Waals surface area contributed by atoms with Crippen LogP contribution in [0.3, 0.4) is 0 Å². The molecule has 0 amide bonds. The summed E-state index contributed by atoms with van der Waals surface area (Å²) in [6.45, 7) is 5.69. The van der Waals surface area contributed by atoms with Gasteiger partial charge >= 0.3 is 0 Å². The van der Waals surface area contributed by atoms with Crippen LogP contribution in [-0.4, -0.2) is 16.1 Å². The van der Waals surface area contributed by atoms with E-state index in [0.29, 0.717) is 6.54 Å². The molecule has 0 radical (unpaired) electrons. The van der Waals surface area contributed by atoms with Crippen LogP contribution in [0.5, 0.6) is 0 Å². The van der Waals surface area contributed by atoms with E-state index >= 15 is 0 Å². The Labute approximate surface area is 102 Å². The molecular weight excluding hydrogens is 210 g/mol. The Morgan fingerprint density at radius 2 is 2.12 bits per heavy atom. The van der Waals surface area contributed by atoms with Gasteiger partial charge < -0.3 is 10.3 Å². The Bertz CT molecular complexity index is 500. The van der Waals surface area contributed by atoms with Crippen molar-refractivity contribution in [3.8, 4) is 0 Å². The molecule has 0 aliphatic rings. The molecular formula is C14H19N3. The minimum atomic E-state index is 0.654. The summed E-state index contributed by atoms with van der Waals surface area (Å²) in [5.74, 6) is 1.05. The lowest BCUT2D eigenvalue weighted by molar-refractivity contribution is 0.761. The maximum absolute atomic E-state index is 5.54. The van der Waals surface area contributed by atoms with Crippen LogP contribution in [0, 0.1) is 13.8 Å². The minimum Gasteiger partial charge on any atom is -0.330 e. The molecule has 0 atom stereocenters. The molecule has 0 aliphatic carbocycles. The summed E-state index contributed by atoms with van der Waals surface area (Å²) in [6.07, 6.45) is 2.95. The van der Waals surface area contributed by atoms with E-state index in [1.807, 2.05) is 6.92 Å². The van der Waals surface area contributed by atoms with Gasteiger partial charge in [0.1, 0.15) is 5.82 Å². The number of imidazole rings is 1. The average molecular weight is 229 g/mol. The average Bonchev–Trinajstić information content (AvgIpc) is 2.60. The van der Waals surface area contributed by atoms with Crippen LogP contribution in [0.25, 0.3) is 0 Å². The van der Waals surface area contributed by atoms with Crippen LogP contribution in [0.2, 0.25) is 0 Å². The van der Waals surface area contributed by atoms with Gasteiger partial charge in [-0.15, -0.1) is 0 Å². The summed E-state index contributed by atoms with van der Waals surface area (Å²) in [6, 6.07) is 8.57. The number of benzene rings is 1. The summed E-state index contributed by atoms with van der Waals surface area (Å²) in [7, 11) is 0. The van der Waals surface area contributed by atoms with Gasteiger partial charge in [-0.1, -0.05) is 29.8 Å². The lowest BCUT2D eigenvalue weighted by Gasteiger charge is -2.05. The van der Waals surface area contributed by atoms with Crippen molar-refractivity contribution in [3.05, 3.63) is 53.1 Å².